The van der Waals surface area contributed by atoms with Crippen molar-refractivity contribution in [2.75, 3.05) is 13.1 Å². The molecule has 0 heterocycles. The highest BCUT2D eigenvalue weighted by Crippen LogP contribution is 2.58. The first-order valence-electron chi connectivity index (χ1n) is 7.33. The first-order chi connectivity index (χ1) is 8.57. The molecule has 1 saturated carbocycles. The van der Waals surface area contributed by atoms with Gasteiger partial charge in [-0.1, -0.05) is 58.0 Å². The van der Waals surface area contributed by atoms with Crippen LogP contribution < -0.4 is 5.32 Å². The van der Waals surface area contributed by atoms with Crippen molar-refractivity contribution in [2.24, 2.45) is 17.8 Å². The number of hydrogen-bond acceptors (Lipinski definition) is 1. The standard InChI is InChI=1S/C17H27N/c1-13(2)11-18-12-16-10-17(16,14(3)4)15-8-6-5-7-9-15/h5-9,13-14,16,18H,10-12H2,1-4H3. The predicted octanol–water partition coefficient (Wildman–Crippen LogP) is 3.85. The molecule has 1 aliphatic rings. The van der Waals surface area contributed by atoms with Crippen molar-refractivity contribution >= 4 is 0 Å². The predicted molar refractivity (Wildman–Crippen MR) is 78.8 cm³/mol. The minimum Gasteiger partial charge on any atom is -0.316 e. The molecule has 2 rings (SSSR count). The van der Waals surface area contributed by atoms with E-state index in [0.29, 0.717) is 5.41 Å². The van der Waals surface area contributed by atoms with E-state index < -0.39 is 0 Å². The molecule has 1 N–H and O–H groups in total. The van der Waals surface area contributed by atoms with Crippen molar-refractivity contribution in [1.82, 2.24) is 5.32 Å². The van der Waals surface area contributed by atoms with Crippen LogP contribution in [0.3, 0.4) is 0 Å². The zero-order chi connectivity index (χ0) is 13.2. The minimum absolute atomic E-state index is 0.436. The third-order valence-electron chi connectivity index (χ3n) is 4.44. The average Bonchev–Trinajstić information content (AvgIpc) is 3.05. The highest BCUT2D eigenvalue weighted by molar-refractivity contribution is 5.34. The van der Waals surface area contributed by atoms with Gasteiger partial charge >= 0.3 is 0 Å². The van der Waals surface area contributed by atoms with Crippen LogP contribution in [0.15, 0.2) is 30.3 Å². The fourth-order valence-electron chi connectivity index (χ4n) is 3.29. The molecular formula is C17H27N. The van der Waals surface area contributed by atoms with Gasteiger partial charge < -0.3 is 5.32 Å². The Bertz CT molecular complexity index is 368. The summed E-state index contributed by atoms with van der Waals surface area (Å²) in [5.41, 5.74) is 1.97. The Kier molecular flexibility index (Phi) is 4.11. The summed E-state index contributed by atoms with van der Waals surface area (Å²) in [7, 11) is 0. The molecule has 0 aromatic heterocycles. The van der Waals surface area contributed by atoms with Gasteiger partial charge in [0.1, 0.15) is 0 Å². The van der Waals surface area contributed by atoms with E-state index in [-0.39, 0.29) is 0 Å². The van der Waals surface area contributed by atoms with E-state index in [9.17, 15) is 0 Å². The second kappa shape index (κ2) is 5.44. The maximum Gasteiger partial charge on any atom is 0.00200 e. The third-order valence-corrected chi connectivity index (χ3v) is 4.44. The normalized spacial score (nSPS) is 26.9. The van der Waals surface area contributed by atoms with Gasteiger partial charge in [0.2, 0.25) is 0 Å². The van der Waals surface area contributed by atoms with Crippen LogP contribution in [-0.2, 0) is 5.41 Å². The third kappa shape index (κ3) is 2.61. The molecule has 100 valence electrons. The van der Waals surface area contributed by atoms with Crippen molar-refractivity contribution in [2.45, 2.75) is 39.5 Å². The van der Waals surface area contributed by atoms with Crippen LogP contribution in [0.2, 0.25) is 0 Å². The van der Waals surface area contributed by atoms with E-state index in [4.69, 9.17) is 0 Å². The van der Waals surface area contributed by atoms with Crippen LogP contribution in [0.1, 0.15) is 39.7 Å². The molecule has 1 heteroatoms. The monoisotopic (exact) mass is 245 g/mol. The molecule has 1 fully saturated rings. The summed E-state index contributed by atoms with van der Waals surface area (Å²) in [6, 6.07) is 11.1. The number of nitrogens with one attached hydrogen (secondary N) is 1. The summed E-state index contributed by atoms with van der Waals surface area (Å²) in [6.07, 6.45) is 1.35. The Morgan fingerprint density at radius 2 is 1.83 bits per heavy atom. The lowest BCUT2D eigenvalue weighted by Gasteiger charge is -2.23. The van der Waals surface area contributed by atoms with E-state index in [1.54, 1.807) is 0 Å². The van der Waals surface area contributed by atoms with Crippen LogP contribution in [0.5, 0.6) is 0 Å². The molecule has 0 radical (unpaired) electrons. The van der Waals surface area contributed by atoms with Gasteiger partial charge in [-0.15, -0.1) is 0 Å². The van der Waals surface area contributed by atoms with Crippen molar-refractivity contribution in [3.63, 3.8) is 0 Å². The first-order valence-corrected chi connectivity index (χ1v) is 7.33. The fraction of sp³-hybridized carbons (Fsp3) is 0.647. The van der Waals surface area contributed by atoms with Gasteiger partial charge in [-0.2, -0.15) is 0 Å². The van der Waals surface area contributed by atoms with Gasteiger partial charge in [-0.25, -0.2) is 0 Å². The number of benzene rings is 1. The maximum absolute atomic E-state index is 3.63. The maximum atomic E-state index is 3.63. The molecule has 0 saturated heterocycles. The van der Waals surface area contributed by atoms with Gasteiger partial charge in [0.15, 0.2) is 0 Å². The number of hydrogen-bond donors (Lipinski definition) is 1. The second-order valence-electron chi connectivity index (χ2n) is 6.51. The van der Waals surface area contributed by atoms with E-state index in [1.807, 2.05) is 0 Å². The van der Waals surface area contributed by atoms with E-state index >= 15 is 0 Å². The molecule has 0 amide bonds. The highest BCUT2D eigenvalue weighted by atomic mass is 14.9. The molecular weight excluding hydrogens is 218 g/mol. The van der Waals surface area contributed by atoms with E-state index in [1.165, 1.54) is 18.5 Å². The fourth-order valence-corrected chi connectivity index (χ4v) is 3.29. The van der Waals surface area contributed by atoms with Crippen LogP contribution in [0.4, 0.5) is 0 Å². The van der Waals surface area contributed by atoms with Gasteiger partial charge in [0.05, 0.1) is 0 Å². The number of rotatable bonds is 6. The topological polar surface area (TPSA) is 12.0 Å². The van der Waals surface area contributed by atoms with Crippen molar-refractivity contribution in [3.8, 4) is 0 Å². The summed E-state index contributed by atoms with van der Waals surface area (Å²) >= 11 is 0. The highest BCUT2D eigenvalue weighted by Gasteiger charge is 2.56. The molecule has 0 bridgehead atoms. The molecule has 2 atom stereocenters. The first kappa shape index (κ1) is 13.6. The molecule has 2 unspecified atom stereocenters. The lowest BCUT2D eigenvalue weighted by molar-refractivity contribution is 0.422. The zero-order valence-corrected chi connectivity index (χ0v) is 12.2. The summed E-state index contributed by atoms with van der Waals surface area (Å²) in [5, 5.41) is 3.63. The van der Waals surface area contributed by atoms with Crippen LogP contribution in [0.25, 0.3) is 0 Å². The molecule has 1 aromatic rings. The van der Waals surface area contributed by atoms with Gasteiger partial charge in [0, 0.05) is 5.41 Å². The van der Waals surface area contributed by atoms with Crippen molar-refractivity contribution in [1.29, 1.82) is 0 Å². The Morgan fingerprint density at radius 3 is 2.39 bits per heavy atom. The largest absolute Gasteiger partial charge is 0.316 e. The molecule has 1 aliphatic carbocycles. The van der Waals surface area contributed by atoms with Crippen LogP contribution >= 0.6 is 0 Å². The second-order valence-corrected chi connectivity index (χ2v) is 6.51. The Balaban J connectivity index is 2.00. The quantitative estimate of drug-likeness (QED) is 0.803. The minimum atomic E-state index is 0.436. The van der Waals surface area contributed by atoms with E-state index in [0.717, 1.165) is 24.3 Å². The average molecular weight is 245 g/mol. The molecule has 1 nitrogen and oxygen atoms in total. The molecule has 1 aromatic carbocycles. The van der Waals surface area contributed by atoms with Gasteiger partial charge in [0.25, 0.3) is 0 Å². The molecule has 0 spiro atoms. The zero-order valence-electron chi connectivity index (χ0n) is 12.2. The van der Waals surface area contributed by atoms with Crippen LogP contribution in [-0.4, -0.2) is 13.1 Å². The SMILES string of the molecule is CC(C)CNCC1CC1(c1ccccc1)C(C)C. The lowest BCUT2D eigenvalue weighted by Crippen LogP contribution is -2.27. The Hall–Kier alpha value is -0.820. The van der Waals surface area contributed by atoms with Gasteiger partial charge in [-0.05, 0) is 42.8 Å². The summed E-state index contributed by atoms with van der Waals surface area (Å²) in [6.45, 7) is 11.6. The van der Waals surface area contributed by atoms with E-state index in [2.05, 4.69) is 63.3 Å². The van der Waals surface area contributed by atoms with Gasteiger partial charge in [-0.3, -0.25) is 0 Å². The Labute approximate surface area is 112 Å². The summed E-state index contributed by atoms with van der Waals surface area (Å²) < 4.78 is 0. The Morgan fingerprint density at radius 1 is 1.17 bits per heavy atom. The smallest absolute Gasteiger partial charge is 0.00200 e. The lowest BCUT2D eigenvalue weighted by atomic mass is 9.83. The van der Waals surface area contributed by atoms with Crippen molar-refractivity contribution < 1.29 is 0 Å². The molecule has 0 aliphatic heterocycles. The summed E-state index contributed by atoms with van der Waals surface area (Å²) in [4.78, 5) is 0. The van der Waals surface area contributed by atoms with Crippen LogP contribution in [0, 0.1) is 17.8 Å². The van der Waals surface area contributed by atoms with Crippen molar-refractivity contribution in [3.05, 3.63) is 35.9 Å². The summed E-state index contributed by atoms with van der Waals surface area (Å²) in [5.74, 6) is 2.29. The molecule has 18 heavy (non-hydrogen) atoms.